The number of rotatable bonds is 9. The monoisotopic (exact) mass is 467 g/mol. The Morgan fingerprint density at radius 3 is 2.50 bits per heavy atom. The van der Waals surface area contributed by atoms with E-state index in [0.29, 0.717) is 38.6 Å². The number of hydrogen-bond donors (Lipinski definition) is 1. The van der Waals surface area contributed by atoms with Crippen molar-refractivity contribution in [2.75, 3.05) is 26.4 Å². The van der Waals surface area contributed by atoms with E-state index >= 15 is 0 Å². The van der Waals surface area contributed by atoms with Crippen molar-refractivity contribution in [1.29, 1.82) is 0 Å². The van der Waals surface area contributed by atoms with Crippen LogP contribution in [-0.2, 0) is 21.4 Å². The molecule has 2 aromatic carbocycles. The van der Waals surface area contributed by atoms with E-state index in [0.717, 1.165) is 29.7 Å². The van der Waals surface area contributed by atoms with Crippen molar-refractivity contribution in [3.63, 3.8) is 0 Å². The number of nitrogens with one attached hydrogen (secondary N) is 1. The Bertz CT molecular complexity index is 1080. The van der Waals surface area contributed by atoms with Gasteiger partial charge in [-0.1, -0.05) is 24.3 Å². The fourth-order valence-corrected chi connectivity index (χ4v) is 4.44. The maximum atomic E-state index is 13.5. The zero-order valence-electron chi connectivity index (χ0n) is 19.5. The van der Waals surface area contributed by atoms with Gasteiger partial charge in [-0.2, -0.15) is 0 Å². The van der Waals surface area contributed by atoms with Gasteiger partial charge in [-0.25, -0.2) is 9.07 Å². The van der Waals surface area contributed by atoms with Gasteiger partial charge < -0.3 is 14.8 Å². The number of tetrazole rings is 1. The largest absolute Gasteiger partial charge is 0.494 e. The molecule has 1 aliphatic rings. The first-order chi connectivity index (χ1) is 16.5. The van der Waals surface area contributed by atoms with Gasteiger partial charge in [0.1, 0.15) is 23.4 Å². The molecule has 1 aromatic heterocycles. The summed E-state index contributed by atoms with van der Waals surface area (Å²) in [6, 6.07) is 13.6. The fraction of sp³-hybridized carbons (Fsp3) is 0.440. The second-order valence-electron chi connectivity index (χ2n) is 8.58. The normalized spacial score (nSPS) is 16.1. The van der Waals surface area contributed by atoms with Gasteiger partial charge in [0.15, 0.2) is 0 Å². The molecule has 1 aliphatic heterocycles. The van der Waals surface area contributed by atoms with Gasteiger partial charge >= 0.3 is 0 Å². The molecule has 0 spiro atoms. The quantitative estimate of drug-likeness (QED) is 0.520. The summed E-state index contributed by atoms with van der Waals surface area (Å²) in [6.45, 7) is 6.05. The van der Waals surface area contributed by atoms with E-state index < -0.39 is 6.04 Å². The predicted molar refractivity (Wildman–Crippen MR) is 124 cm³/mol. The summed E-state index contributed by atoms with van der Waals surface area (Å²) < 4.78 is 26.1. The topological polar surface area (TPSA) is 91.2 Å². The Hall–Kier alpha value is -3.33. The average molecular weight is 468 g/mol. The molecule has 9 heteroatoms. The van der Waals surface area contributed by atoms with Crippen LogP contribution in [0.1, 0.15) is 42.8 Å². The van der Waals surface area contributed by atoms with Crippen molar-refractivity contribution in [3.8, 4) is 5.75 Å². The molecule has 0 radical (unpaired) electrons. The van der Waals surface area contributed by atoms with Crippen LogP contribution in [0.5, 0.6) is 5.75 Å². The summed E-state index contributed by atoms with van der Waals surface area (Å²) >= 11 is 0. The third kappa shape index (κ3) is 5.41. The van der Waals surface area contributed by atoms with E-state index in [1.54, 1.807) is 19.1 Å². The van der Waals surface area contributed by atoms with Gasteiger partial charge in [0.05, 0.1) is 6.61 Å². The Kier molecular flexibility index (Phi) is 7.52. The van der Waals surface area contributed by atoms with Crippen molar-refractivity contribution in [2.24, 2.45) is 0 Å². The lowest BCUT2D eigenvalue weighted by Gasteiger charge is -2.38. The summed E-state index contributed by atoms with van der Waals surface area (Å²) in [6.07, 6.45) is 1.94. The van der Waals surface area contributed by atoms with E-state index in [1.165, 1.54) is 16.8 Å². The second-order valence-corrected chi connectivity index (χ2v) is 8.58. The number of benzene rings is 2. The predicted octanol–water partition coefficient (Wildman–Crippen LogP) is 3.17. The van der Waals surface area contributed by atoms with Crippen LogP contribution in [0.2, 0.25) is 0 Å². The molecule has 34 heavy (non-hydrogen) atoms. The van der Waals surface area contributed by atoms with Crippen LogP contribution in [0.3, 0.4) is 0 Å². The first-order valence-corrected chi connectivity index (χ1v) is 11.6. The van der Waals surface area contributed by atoms with E-state index in [1.807, 2.05) is 19.1 Å². The maximum Gasteiger partial charge on any atom is 0.245 e. The van der Waals surface area contributed by atoms with Crippen molar-refractivity contribution in [2.45, 2.75) is 44.6 Å². The summed E-state index contributed by atoms with van der Waals surface area (Å²) in [5.74, 6) is 0.859. The number of hydrogen-bond acceptors (Lipinski definition) is 6. The smallest absolute Gasteiger partial charge is 0.245 e. The van der Waals surface area contributed by atoms with Crippen LogP contribution in [-0.4, -0.2) is 52.5 Å². The number of carbonyl (C=O) groups excluding carboxylic acids is 1. The molecule has 1 fully saturated rings. The first kappa shape index (κ1) is 23.8. The lowest BCUT2D eigenvalue weighted by Crippen LogP contribution is -2.46. The van der Waals surface area contributed by atoms with Gasteiger partial charge in [-0.3, -0.25) is 4.79 Å². The average Bonchev–Trinajstić information content (AvgIpc) is 3.29. The number of halogens is 1. The molecule has 8 nitrogen and oxygen atoms in total. The summed E-state index contributed by atoms with van der Waals surface area (Å²) in [5.41, 5.74) is 1.73. The fourth-order valence-electron chi connectivity index (χ4n) is 4.44. The zero-order valence-corrected chi connectivity index (χ0v) is 19.5. The highest BCUT2D eigenvalue weighted by molar-refractivity contribution is 5.80. The molecule has 2 heterocycles. The summed E-state index contributed by atoms with van der Waals surface area (Å²) in [5, 5.41) is 14.9. The minimum atomic E-state index is -0.655. The lowest BCUT2D eigenvalue weighted by molar-refractivity contribution is -0.125. The highest BCUT2D eigenvalue weighted by Gasteiger charge is 2.36. The molecule has 1 saturated heterocycles. The molecule has 180 valence electrons. The highest BCUT2D eigenvalue weighted by Crippen LogP contribution is 2.35. The molecular weight excluding hydrogens is 437 g/mol. The highest BCUT2D eigenvalue weighted by atomic mass is 19.1. The zero-order chi connectivity index (χ0) is 24.0. The molecule has 1 N–H and O–H groups in total. The van der Waals surface area contributed by atoms with E-state index in [9.17, 15) is 9.18 Å². The minimum absolute atomic E-state index is 0.184. The van der Waals surface area contributed by atoms with Crippen LogP contribution < -0.4 is 10.1 Å². The molecule has 0 aliphatic carbocycles. The molecule has 0 saturated carbocycles. The summed E-state index contributed by atoms with van der Waals surface area (Å²) in [4.78, 5) is 13.5. The molecule has 0 bridgehead atoms. The summed E-state index contributed by atoms with van der Waals surface area (Å²) in [7, 11) is 0. The van der Waals surface area contributed by atoms with E-state index in [4.69, 9.17) is 9.47 Å². The third-order valence-corrected chi connectivity index (χ3v) is 6.43. The minimum Gasteiger partial charge on any atom is -0.494 e. The van der Waals surface area contributed by atoms with Gasteiger partial charge in [-0.15, -0.1) is 5.10 Å². The van der Waals surface area contributed by atoms with Crippen molar-refractivity contribution >= 4 is 5.91 Å². The number of amides is 1. The molecular formula is C25H30FN5O3. The van der Waals surface area contributed by atoms with Gasteiger partial charge in [0.2, 0.25) is 5.91 Å². The van der Waals surface area contributed by atoms with Crippen molar-refractivity contribution in [1.82, 2.24) is 25.5 Å². The SMILES string of the molecule is CCOc1ccc(C2(CNC(=O)C(Cc3ccc(F)cc3)n3nnnc3C)CCOCC2)cc1. The maximum absolute atomic E-state index is 13.5. The van der Waals surface area contributed by atoms with Gasteiger partial charge in [-0.05, 0) is 72.5 Å². The van der Waals surface area contributed by atoms with E-state index in [-0.39, 0.29) is 17.1 Å². The standard InChI is InChI=1S/C25H30FN5O3/c1-3-34-22-10-6-20(7-11-22)25(12-14-33-15-13-25)17-27-24(32)23(31-18(2)28-29-30-31)16-19-4-8-21(26)9-5-19/h4-11,23H,3,12-17H2,1-2H3,(H,27,32). The van der Waals surface area contributed by atoms with Crippen molar-refractivity contribution < 1.29 is 18.7 Å². The Labute approximate surface area is 198 Å². The van der Waals surface area contributed by atoms with Crippen molar-refractivity contribution in [3.05, 3.63) is 71.3 Å². The molecule has 3 aromatic rings. The van der Waals surface area contributed by atoms with Crippen LogP contribution in [0, 0.1) is 12.7 Å². The Morgan fingerprint density at radius 1 is 1.18 bits per heavy atom. The molecule has 1 atom stereocenters. The first-order valence-electron chi connectivity index (χ1n) is 11.6. The molecule has 1 amide bonds. The molecule has 1 unspecified atom stereocenters. The van der Waals surface area contributed by atoms with Crippen LogP contribution in [0.4, 0.5) is 4.39 Å². The van der Waals surface area contributed by atoms with E-state index in [2.05, 4.69) is 33.0 Å². The van der Waals surface area contributed by atoms with Gasteiger partial charge in [0, 0.05) is 31.6 Å². The third-order valence-electron chi connectivity index (χ3n) is 6.43. The lowest BCUT2D eigenvalue weighted by atomic mass is 9.74. The number of ether oxygens (including phenoxy) is 2. The second kappa shape index (κ2) is 10.7. The van der Waals surface area contributed by atoms with Crippen LogP contribution >= 0.6 is 0 Å². The number of aryl methyl sites for hydroxylation is 1. The van der Waals surface area contributed by atoms with Crippen LogP contribution in [0.25, 0.3) is 0 Å². The number of nitrogens with zero attached hydrogens (tertiary/aromatic N) is 4. The molecule has 4 rings (SSSR count). The Balaban J connectivity index is 1.54. The number of aromatic nitrogens is 4. The van der Waals surface area contributed by atoms with Gasteiger partial charge in [0.25, 0.3) is 0 Å². The number of carbonyl (C=O) groups is 1. The van der Waals surface area contributed by atoms with Crippen LogP contribution in [0.15, 0.2) is 48.5 Å². The Morgan fingerprint density at radius 2 is 1.88 bits per heavy atom.